The van der Waals surface area contributed by atoms with Crippen LogP contribution in [0.15, 0.2) is 110 Å². The molecule has 2 N–H and O–H groups in total. The van der Waals surface area contributed by atoms with Gasteiger partial charge in [-0.2, -0.15) is 0 Å². The van der Waals surface area contributed by atoms with Crippen molar-refractivity contribution >= 4 is 35.0 Å². The van der Waals surface area contributed by atoms with Gasteiger partial charge < -0.3 is 19.6 Å². The fourth-order valence-corrected chi connectivity index (χ4v) is 6.18. The number of aromatic carboxylic acids is 1. The van der Waals surface area contributed by atoms with Gasteiger partial charge in [0.15, 0.2) is 4.80 Å². The normalized spacial score (nSPS) is 14.6. The summed E-state index contributed by atoms with van der Waals surface area (Å²) in [7, 11) is 1.57. The number of carboxylic acid groups (broad SMARTS) is 1. The van der Waals surface area contributed by atoms with Gasteiger partial charge in [0.25, 0.3) is 11.5 Å². The first-order chi connectivity index (χ1) is 21.2. The molecule has 9 nitrogen and oxygen atoms in total. The van der Waals surface area contributed by atoms with Crippen LogP contribution >= 0.6 is 11.3 Å². The van der Waals surface area contributed by atoms with Crippen LogP contribution in [0.2, 0.25) is 0 Å². The number of carbonyl (C=O) groups excluding carboxylic acids is 1. The lowest BCUT2D eigenvalue weighted by molar-refractivity contribution is -0.113. The number of aromatic nitrogens is 1. The number of hydrogen-bond donors (Lipinski definition) is 2. The number of rotatable bonds is 7. The molecule has 3 heterocycles. The minimum atomic E-state index is -1.03. The Kier molecular flexibility index (Phi) is 7.59. The third kappa shape index (κ3) is 5.38. The molecule has 3 aromatic carbocycles. The average Bonchev–Trinajstić information content (AvgIpc) is 3.61. The lowest BCUT2D eigenvalue weighted by atomic mass is 9.95. The van der Waals surface area contributed by atoms with Crippen LogP contribution in [0.1, 0.15) is 40.2 Å². The lowest BCUT2D eigenvalue weighted by Gasteiger charge is -2.25. The molecule has 0 saturated heterocycles. The van der Waals surface area contributed by atoms with Crippen LogP contribution in [-0.4, -0.2) is 28.7 Å². The number of carboxylic acids is 1. The van der Waals surface area contributed by atoms with Crippen molar-refractivity contribution in [3.05, 3.63) is 138 Å². The molecule has 220 valence electrons. The van der Waals surface area contributed by atoms with E-state index in [0.717, 1.165) is 11.1 Å². The Morgan fingerprint density at radius 3 is 2.48 bits per heavy atom. The number of thiazole rings is 1. The SMILES string of the molecule is COc1ccc([C@@H]2C(C(=O)Nc3ccccc3)=C(C)N=c3s/c(=C/c4ccc(-c5cc(C(=O)O)ccc5C)o4)c(=O)n32)cc1. The Labute approximate surface area is 255 Å². The topological polar surface area (TPSA) is 123 Å². The van der Waals surface area contributed by atoms with Crippen LogP contribution in [0.3, 0.4) is 0 Å². The third-order valence-corrected chi connectivity index (χ3v) is 8.36. The molecule has 0 bridgehead atoms. The maximum atomic E-state index is 14.0. The summed E-state index contributed by atoms with van der Waals surface area (Å²) in [6.45, 7) is 3.63. The Balaban J connectivity index is 1.44. The zero-order chi connectivity index (χ0) is 31.0. The number of furan rings is 1. The molecule has 0 saturated carbocycles. The monoisotopic (exact) mass is 605 g/mol. The second-order valence-corrected chi connectivity index (χ2v) is 11.2. The van der Waals surface area contributed by atoms with Crippen molar-refractivity contribution in [2.45, 2.75) is 19.9 Å². The van der Waals surface area contributed by atoms with Gasteiger partial charge in [-0.05, 0) is 73.5 Å². The number of ether oxygens (including phenoxy) is 1. The maximum Gasteiger partial charge on any atom is 0.335 e. The molecule has 10 heteroatoms. The summed E-state index contributed by atoms with van der Waals surface area (Å²) in [6.07, 6.45) is 1.64. The molecule has 1 aliphatic heterocycles. The molecule has 0 fully saturated rings. The summed E-state index contributed by atoms with van der Waals surface area (Å²) in [5, 5.41) is 12.4. The fraction of sp³-hybridized carbons (Fsp3) is 0.118. The molecule has 6 rings (SSSR count). The van der Waals surface area contributed by atoms with Crippen molar-refractivity contribution < 1.29 is 23.8 Å². The molecule has 5 aromatic rings. The highest BCUT2D eigenvalue weighted by atomic mass is 32.1. The Hall–Kier alpha value is -5.48. The van der Waals surface area contributed by atoms with E-state index in [0.29, 0.717) is 49.1 Å². The van der Waals surface area contributed by atoms with E-state index in [1.165, 1.54) is 15.9 Å². The van der Waals surface area contributed by atoms with Crippen molar-refractivity contribution in [1.82, 2.24) is 4.57 Å². The van der Waals surface area contributed by atoms with E-state index in [1.807, 2.05) is 37.3 Å². The zero-order valence-electron chi connectivity index (χ0n) is 24.0. The summed E-state index contributed by atoms with van der Waals surface area (Å²) in [6, 6.07) is 23.9. The maximum absolute atomic E-state index is 14.0. The van der Waals surface area contributed by atoms with Crippen molar-refractivity contribution in [3.63, 3.8) is 0 Å². The molecule has 0 unspecified atom stereocenters. The molecule has 0 spiro atoms. The highest BCUT2D eigenvalue weighted by molar-refractivity contribution is 7.07. The van der Waals surface area contributed by atoms with E-state index in [2.05, 4.69) is 10.3 Å². The summed E-state index contributed by atoms with van der Waals surface area (Å²) < 4.78 is 13.3. The Morgan fingerprint density at radius 1 is 1.02 bits per heavy atom. The van der Waals surface area contributed by atoms with Crippen LogP contribution in [-0.2, 0) is 4.79 Å². The van der Waals surface area contributed by atoms with Crippen LogP contribution < -0.4 is 24.9 Å². The van der Waals surface area contributed by atoms with Gasteiger partial charge in [-0.15, -0.1) is 0 Å². The number of benzene rings is 3. The second kappa shape index (κ2) is 11.7. The van der Waals surface area contributed by atoms with Crippen molar-refractivity contribution in [2.24, 2.45) is 4.99 Å². The molecule has 1 amide bonds. The number of carbonyl (C=O) groups is 2. The first-order valence-electron chi connectivity index (χ1n) is 13.7. The smallest absolute Gasteiger partial charge is 0.335 e. The molecule has 44 heavy (non-hydrogen) atoms. The summed E-state index contributed by atoms with van der Waals surface area (Å²) >= 11 is 1.20. The zero-order valence-corrected chi connectivity index (χ0v) is 24.8. The van der Waals surface area contributed by atoms with Crippen LogP contribution in [0, 0.1) is 6.92 Å². The summed E-state index contributed by atoms with van der Waals surface area (Å²) in [4.78, 5) is 44.3. The summed E-state index contributed by atoms with van der Waals surface area (Å²) in [5.41, 5.74) is 3.53. The quantitative estimate of drug-likeness (QED) is 0.265. The molecule has 0 aliphatic carbocycles. The van der Waals surface area contributed by atoms with E-state index >= 15 is 0 Å². The summed E-state index contributed by atoms with van der Waals surface area (Å²) in [5.74, 6) is 0.162. The van der Waals surface area contributed by atoms with E-state index in [9.17, 15) is 19.5 Å². The standard InChI is InChI=1S/C34H27N3O6S/c1-19-9-10-22(33(40)41)17-26(19)27-16-15-25(43-27)18-28-32(39)37-30(21-11-13-24(42-3)14-12-21)29(20(2)35-34(37)44-28)31(38)36-23-7-5-4-6-8-23/h4-18,30H,1-3H3,(H,36,38)(H,40,41)/b28-18+/t30-/m1/s1. The van der Waals surface area contributed by atoms with Gasteiger partial charge in [-0.25, -0.2) is 9.79 Å². The number of fused-ring (bicyclic) bond motifs is 1. The predicted molar refractivity (Wildman–Crippen MR) is 168 cm³/mol. The van der Waals surface area contributed by atoms with E-state index in [4.69, 9.17) is 9.15 Å². The highest BCUT2D eigenvalue weighted by Gasteiger charge is 2.32. The van der Waals surface area contributed by atoms with Gasteiger partial charge in [-0.3, -0.25) is 14.2 Å². The number of amides is 1. The number of anilines is 1. The van der Waals surface area contributed by atoms with Crippen molar-refractivity contribution in [1.29, 1.82) is 0 Å². The van der Waals surface area contributed by atoms with Gasteiger partial charge in [0.05, 0.1) is 34.5 Å². The lowest BCUT2D eigenvalue weighted by Crippen LogP contribution is -2.40. The number of methoxy groups -OCH3 is 1. The number of nitrogens with one attached hydrogen (secondary N) is 1. The first-order valence-corrected chi connectivity index (χ1v) is 14.5. The Bertz CT molecular complexity index is 2120. The van der Waals surface area contributed by atoms with Gasteiger partial charge in [0.2, 0.25) is 0 Å². The van der Waals surface area contributed by atoms with Crippen LogP contribution in [0.5, 0.6) is 5.75 Å². The second-order valence-electron chi connectivity index (χ2n) is 10.2. The van der Waals surface area contributed by atoms with Gasteiger partial charge >= 0.3 is 5.97 Å². The van der Waals surface area contributed by atoms with Crippen LogP contribution in [0.25, 0.3) is 17.4 Å². The highest BCUT2D eigenvalue weighted by Crippen LogP contribution is 2.32. The fourth-order valence-electron chi connectivity index (χ4n) is 5.16. The largest absolute Gasteiger partial charge is 0.497 e. The molecule has 2 aromatic heterocycles. The van der Waals surface area contributed by atoms with Gasteiger partial charge in [-0.1, -0.05) is 47.7 Å². The number of para-hydroxylation sites is 1. The number of hydrogen-bond acceptors (Lipinski definition) is 7. The molecular formula is C34H27N3O6S. The number of nitrogens with zero attached hydrogens (tertiary/aromatic N) is 2. The van der Waals surface area contributed by atoms with Crippen LogP contribution in [0.4, 0.5) is 5.69 Å². The number of aryl methyl sites for hydroxylation is 1. The van der Waals surface area contributed by atoms with E-state index in [-0.39, 0.29) is 17.0 Å². The minimum absolute atomic E-state index is 0.151. The first kappa shape index (κ1) is 28.6. The van der Waals surface area contributed by atoms with Crippen molar-refractivity contribution in [2.75, 3.05) is 12.4 Å². The average molecular weight is 606 g/mol. The van der Waals surface area contributed by atoms with E-state index < -0.39 is 12.0 Å². The van der Waals surface area contributed by atoms with E-state index in [1.54, 1.807) is 74.7 Å². The van der Waals surface area contributed by atoms with Gasteiger partial charge in [0.1, 0.15) is 17.3 Å². The third-order valence-electron chi connectivity index (χ3n) is 7.38. The predicted octanol–water partition coefficient (Wildman–Crippen LogP) is 5.15. The molecule has 1 atom stereocenters. The number of allylic oxidation sites excluding steroid dienone is 1. The molecular weight excluding hydrogens is 578 g/mol. The minimum Gasteiger partial charge on any atom is -0.497 e. The molecule has 0 radical (unpaired) electrons. The van der Waals surface area contributed by atoms with Gasteiger partial charge in [0, 0.05) is 17.3 Å². The Morgan fingerprint density at radius 2 is 1.77 bits per heavy atom. The molecule has 1 aliphatic rings. The van der Waals surface area contributed by atoms with Crippen molar-refractivity contribution in [3.8, 4) is 17.1 Å².